The van der Waals surface area contributed by atoms with Crippen molar-refractivity contribution in [3.63, 3.8) is 0 Å². The second-order valence-corrected chi connectivity index (χ2v) is 3.57. The Bertz CT molecular complexity index is 354. The van der Waals surface area contributed by atoms with Gasteiger partial charge in [-0.25, -0.2) is 0 Å². The third-order valence-electron chi connectivity index (χ3n) is 2.11. The van der Waals surface area contributed by atoms with Crippen LogP contribution in [0.25, 0.3) is 0 Å². The van der Waals surface area contributed by atoms with Crippen LogP contribution >= 0.6 is 0 Å². The summed E-state index contributed by atoms with van der Waals surface area (Å²) in [4.78, 5) is 0. The molecule has 2 N–H and O–H groups in total. The van der Waals surface area contributed by atoms with Crippen LogP contribution in [-0.2, 0) is 0 Å². The lowest BCUT2D eigenvalue weighted by Gasteiger charge is -2.09. The molecule has 4 heteroatoms. The van der Waals surface area contributed by atoms with E-state index in [-0.39, 0.29) is 0 Å². The minimum Gasteiger partial charge on any atom is -0.323 e. The van der Waals surface area contributed by atoms with Crippen molar-refractivity contribution in [2.75, 3.05) is 13.6 Å². The number of nitrogens with two attached hydrogens (primary N) is 1. The summed E-state index contributed by atoms with van der Waals surface area (Å²) in [5.74, 6) is 5.07. The lowest BCUT2D eigenvalue weighted by molar-refractivity contribution is 0.357. The van der Waals surface area contributed by atoms with E-state index in [2.05, 4.69) is 17.1 Å². The molecule has 16 heavy (non-hydrogen) atoms. The smallest absolute Gasteiger partial charge is 0.0542 e. The predicted molar refractivity (Wildman–Crippen MR) is 68.7 cm³/mol. The number of nitrogens with zero attached hydrogens (tertiary/aromatic N) is 3. The second-order valence-electron chi connectivity index (χ2n) is 3.57. The third-order valence-corrected chi connectivity index (χ3v) is 2.11. The standard InChI is InChI=1S/C12H18N4/c1-3-8-16(2)15-10-12-6-4-11(5-7-12)9-14-13/h4-7,9-10H,3,8,13H2,1-2H3/b14-9+,15-10+. The molecule has 0 fully saturated rings. The highest BCUT2D eigenvalue weighted by molar-refractivity contribution is 5.83. The number of hydrogen-bond acceptors (Lipinski definition) is 4. The van der Waals surface area contributed by atoms with Gasteiger partial charge < -0.3 is 10.9 Å². The van der Waals surface area contributed by atoms with Gasteiger partial charge in [-0.05, 0) is 17.5 Å². The van der Waals surface area contributed by atoms with Gasteiger partial charge in [0.25, 0.3) is 0 Å². The third kappa shape index (κ3) is 4.13. The molecule has 0 unspecified atom stereocenters. The van der Waals surface area contributed by atoms with E-state index in [9.17, 15) is 0 Å². The summed E-state index contributed by atoms with van der Waals surface area (Å²) in [5, 5.41) is 9.70. The fourth-order valence-corrected chi connectivity index (χ4v) is 1.30. The Balaban J connectivity index is 2.61. The van der Waals surface area contributed by atoms with Gasteiger partial charge in [-0.2, -0.15) is 10.2 Å². The van der Waals surface area contributed by atoms with E-state index in [1.807, 2.05) is 42.5 Å². The van der Waals surface area contributed by atoms with Crippen LogP contribution in [0.4, 0.5) is 0 Å². The fourth-order valence-electron chi connectivity index (χ4n) is 1.30. The van der Waals surface area contributed by atoms with E-state index in [4.69, 9.17) is 5.84 Å². The predicted octanol–water partition coefficient (Wildman–Crippen LogP) is 1.65. The molecule has 0 aliphatic rings. The topological polar surface area (TPSA) is 54.0 Å². The van der Waals surface area contributed by atoms with Gasteiger partial charge in [0.2, 0.25) is 0 Å². The Kier molecular flexibility index (Phi) is 5.05. The molecule has 1 aromatic carbocycles. The number of hydrogen-bond donors (Lipinski definition) is 1. The molecule has 0 amide bonds. The summed E-state index contributed by atoms with van der Waals surface area (Å²) in [6, 6.07) is 7.88. The van der Waals surface area contributed by atoms with E-state index in [0.29, 0.717) is 0 Å². The van der Waals surface area contributed by atoms with Gasteiger partial charge >= 0.3 is 0 Å². The van der Waals surface area contributed by atoms with Crippen molar-refractivity contribution in [3.8, 4) is 0 Å². The molecule has 1 aromatic rings. The molecule has 4 nitrogen and oxygen atoms in total. The average molecular weight is 218 g/mol. The van der Waals surface area contributed by atoms with E-state index in [1.165, 1.54) is 0 Å². The molecule has 0 atom stereocenters. The highest BCUT2D eigenvalue weighted by Crippen LogP contribution is 2.00. The average Bonchev–Trinajstić information content (AvgIpc) is 2.29. The van der Waals surface area contributed by atoms with Crippen LogP contribution in [0.5, 0.6) is 0 Å². The molecule has 0 aromatic heterocycles. The highest BCUT2D eigenvalue weighted by Gasteiger charge is 1.91. The molecule has 0 aliphatic heterocycles. The Labute approximate surface area is 96.5 Å². The first-order chi connectivity index (χ1) is 7.76. The first-order valence-electron chi connectivity index (χ1n) is 5.34. The summed E-state index contributed by atoms with van der Waals surface area (Å²) in [6.45, 7) is 3.10. The van der Waals surface area contributed by atoms with Crippen LogP contribution in [0.2, 0.25) is 0 Å². The molecule has 0 bridgehead atoms. The summed E-state index contributed by atoms with van der Waals surface area (Å²) < 4.78 is 0. The zero-order chi connectivity index (χ0) is 11.8. The number of benzene rings is 1. The van der Waals surface area contributed by atoms with Crippen molar-refractivity contribution in [1.29, 1.82) is 0 Å². The number of rotatable bonds is 5. The maximum Gasteiger partial charge on any atom is 0.0542 e. The molecular formula is C12H18N4. The van der Waals surface area contributed by atoms with Crippen molar-refractivity contribution >= 4 is 12.4 Å². The molecule has 0 saturated carbocycles. The fraction of sp³-hybridized carbons (Fsp3) is 0.333. The summed E-state index contributed by atoms with van der Waals surface area (Å²) in [6.07, 6.45) is 4.56. The van der Waals surface area contributed by atoms with Crippen LogP contribution in [-0.4, -0.2) is 31.0 Å². The van der Waals surface area contributed by atoms with Gasteiger partial charge in [-0.1, -0.05) is 31.2 Å². The van der Waals surface area contributed by atoms with E-state index < -0.39 is 0 Å². The SMILES string of the molecule is CCCN(C)/N=C/c1ccc(/C=N/N)cc1. The zero-order valence-corrected chi connectivity index (χ0v) is 9.80. The van der Waals surface area contributed by atoms with Gasteiger partial charge in [-0.15, -0.1) is 0 Å². The molecule has 0 aliphatic carbocycles. The van der Waals surface area contributed by atoms with Crippen molar-refractivity contribution in [2.24, 2.45) is 16.0 Å². The van der Waals surface area contributed by atoms with Gasteiger partial charge in [0.05, 0.1) is 12.4 Å². The molecule has 0 radical (unpaired) electrons. The summed E-state index contributed by atoms with van der Waals surface area (Å²) >= 11 is 0. The normalized spacial score (nSPS) is 11.4. The van der Waals surface area contributed by atoms with Crippen molar-refractivity contribution < 1.29 is 0 Å². The van der Waals surface area contributed by atoms with Crippen molar-refractivity contribution in [1.82, 2.24) is 5.01 Å². The maximum atomic E-state index is 5.07. The van der Waals surface area contributed by atoms with E-state index in [0.717, 1.165) is 24.1 Å². The molecule has 0 spiro atoms. The minimum atomic E-state index is 0.967. The van der Waals surface area contributed by atoms with Crippen LogP contribution < -0.4 is 5.84 Å². The largest absolute Gasteiger partial charge is 0.323 e. The van der Waals surface area contributed by atoms with Gasteiger partial charge in [0.15, 0.2) is 0 Å². The van der Waals surface area contributed by atoms with Gasteiger partial charge in [0, 0.05) is 13.6 Å². The van der Waals surface area contributed by atoms with Gasteiger partial charge in [0.1, 0.15) is 0 Å². The lowest BCUT2D eigenvalue weighted by Crippen LogP contribution is -2.11. The second kappa shape index (κ2) is 6.61. The molecule has 1 rings (SSSR count). The lowest BCUT2D eigenvalue weighted by atomic mass is 10.2. The Morgan fingerprint density at radius 1 is 1.19 bits per heavy atom. The quantitative estimate of drug-likeness (QED) is 0.464. The minimum absolute atomic E-state index is 0.967. The van der Waals surface area contributed by atoms with E-state index >= 15 is 0 Å². The summed E-state index contributed by atoms with van der Waals surface area (Å²) in [5.41, 5.74) is 2.05. The number of hydrazone groups is 2. The molecule has 0 saturated heterocycles. The molecular weight excluding hydrogens is 200 g/mol. The van der Waals surface area contributed by atoms with Crippen LogP contribution in [0.3, 0.4) is 0 Å². The van der Waals surface area contributed by atoms with Gasteiger partial charge in [-0.3, -0.25) is 0 Å². The van der Waals surface area contributed by atoms with Crippen molar-refractivity contribution in [2.45, 2.75) is 13.3 Å². The van der Waals surface area contributed by atoms with Crippen LogP contribution in [0.1, 0.15) is 24.5 Å². The Hall–Kier alpha value is -1.84. The van der Waals surface area contributed by atoms with Crippen molar-refractivity contribution in [3.05, 3.63) is 35.4 Å². The van der Waals surface area contributed by atoms with E-state index in [1.54, 1.807) is 6.21 Å². The molecule has 86 valence electrons. The maximum absolute atomic E-state index is 5.07. The first-order valence-corrected chi connectivity index (χ1v) is 5.34. The Morgan fingerprint density at radius 3 is 2.25 bits per heavy atom. The Morgan fingerprint density at radius 2 is 1.75 bits per heavy atom. The first kappa shape index (κ1) is 12.2. The molecule has 0 heterocycles. The van der Waals surface area contributed by atoms with Crippen LogP contribution in [0, 0.1) is 0 Å². The zero-order valence-electron chi connectivity index (χ0n) is 9.80. The monoisotopic (exact) mass is 218 g/mol. The van der Waals surface area contributed by atoms with Crippen LogP contribution in [0.15, 0.2) is 34.5 Å². The highest BCUT2D eigenvalue weighted by atomic mass is 15.4. The summed E-state index contributed by atoms with van der Waals surface area (Å²) in [7, 11) is 1.97.